The summed E-state index contributed by atoms with van der Waals surface area (Å²) in [7, 11) is 0. The van der Waals surface area contributed by atoms with E-state index in [2.05, 4.69) is 147 Å². The normalized spacial score (nSPS) is 21.0. The van der Waals surface area contributed by atoms with Crippen LogP contribution in [0.25, 0.3) is 21.5 Å². The Morgan fingerprint density at radius 3 is 1.86 bits per heavy atom. The van der Waals surface area contributed by atoms with E-state index in [1.54, 1.807) is 0 Å². The van der Waals surface area contributed by atoms with Gasteiger partial charge in [-0.25, -0.2) is 0 Å². The molecule has 5 aromatic rings. The average Bonchev–Trinajstić information content (AvgIpc) is 2.91. The molecule has 0 aliphatic heterocycles. The molecule has 0 heterocycles. The quantitative estimate of drug-likeness (QED) is 0.179. The molecule has 2 heteroatoms. The molecule has 0 spiro atoms. The predicted molar refractivity (Wildman–Crippen MR) is 159 cm³/mol. The van der Waals surface area contributed by atoms with Gasteiger partial charge in [0.15, 0.2) is 0 Å². The minimum absolute atomic E-state index is 0.213. The Bertz CT molecular complexity index is 1710. The van der Waals surface area contributed by atoms with E-state index in [-0.39, 0.29) is 11.8 Å². The van der Waals surface area contributed by atoms with E-state index in [9.17, 15) is 0 Å². The van der Waals surface area contributed by atoms with Gasteiger partial charge in [0.25, 0.3) is 0 Å². The van der Waals surface area contributed by atoms with Crippen molar-refractivity contribution in [3.05, 3.63) is 153 Å². The first kappa shape index (κ1) is 22.3. The predicted octanol–water partition coefficient (Wildman–Crippen LogP) is 10.1. The van der Waals surface area contributed by atoms with Gasteiger partial charge in [-0.15, -0.1) is 0 Å². The Morgan fingerprint density at radius 2 is 1.19 bits per heavy atom. The second-order valence-electron chi connectivity index (χ2n) is 9.91. The van der Waals surface area contributed by atoms with Gasteiger partial charge in [-0.1, -0.05) is 141 Å². The summed E-state index contributed by atoms with van der Waals surface area (Å²) in [6.07, 6.45) is 5.73. The van der Waals surface area contributed by atoms with E-state index >= 15 is 0 Å². The fraction of sp³-hybridized carbons (Fsp3) is 0.118. The molecular formula is C34H24Br2. The monoisotopic (exact) mass is 590 g/mol. The zero-order valence-corrected chi connectivity index (χ0v) is 22.8. The summed E-state index contributed by atoms with van der Waals surface area (Å²) < 4.78 is 1.13. The highest BCUT2D eigenvalue weighted by Gasteiger charge is 2.37. The van der Waals surface area contributed by atoms with E-state index in [1.165, 1.54) is 54.9 Å². The van der Waals surface area contributed by atoms with E-state index in [1.807, 2.05) is 0 Å². The van der Waals surface area contributed by atoms with Crippen molar-refractivity contribution >= 4 is 53.4 Å². The fourth-order valence-corrected chi connectivity index (χ4v) is 7.09. The number of allylic oxidation sites excluding steroid dienone is 4. The molecule has 7 rings (SSSR count). The van der Waals surface area contributed by atoms with Gasteiger partial charge < -0.3 is 0 Å². The molecule has 0 bridgehead atoms. The maximum absolute atomic E-state index is 3.92. The van der Waals surface area contributed by atoms with Gasteiger partial charge in [0.05, 0.1) is 0 Å². The van der Waals surface area contributed by atoms with Crippen molar-refractivity contribution in [3.63, 3.8) is 0 Å². The van der Waals surface area contributed by atoms with Crippen molar-refractivity contribution in [1.29, 1.82) is 0 Å². The van der Waals surface area contributed by atoms with Gasteiger partial charge in [0, 0.05) is 21.1 Å². The number of fused-ring (bicyclic) bond motifs is 3. The van der Waals surface area contributed by atoms with Crippen molar-refractivity contribution in [1.82, 2.24) is 0 Å². The Kier molecular flexibility index (Phi) is 5.49. The molecule has 0 saturated carbocycles. The summed E-state index contributed by atoms with van der Waals surface area (Å²) in [4.78, 5) is 0.355. The molecule has 2 aliphatic carbocycles. The molecular weight excluding hydrogens is 568 g/mol. The molecule has 0 aromatic heterocycles. The first-order chi connectivity index (χ1) is 17.7. The SMILES string of the molecule is Brc1ccc2c(c1)C(c1ccc3ccccc3c1)C1=C(CC(Br)C=C1)C2c1ccc2ccccc2c1. The highest BCUT2D eigenvalue weighted by Crippen LogP contribution is 2.53. The van der Waals surface area contributed by atoms with Gasteiger partial charge in [-0.05, 0) is 67.9 Å². The van der Waals surface area contributed by atoms with Crippen LogP contribution in [0.15, 0.2) is 131 Å². The third kappa shape index (κ3) is 3.70. The van der Waals surface area contributed by atoms with Crippen LogP contribution < -0.4 is 0 Å². The number of rotatable bonds is 2. The highest BCUT2D eigenvalue weighted by atomic mass is 79.9. The van der Waals surface area contributed by atoms with Crippen molar-refractivity contribution < 1.29 is 0 Å². The van der Waals surface area contributed by atoms with Crippen LogP contribution >= 0.6 is 31.9 Å². The standard InChI is InChI=1S/C34H24Br2/c35-27-14-16-30-31(19-27)33(25-11-9-21-5-1-3-7-23(21)17-25)29-15-13-28(36)20-32(29)34(30)26-12-10-22-6-2-4-8-24(22)18-26/h1-19,28,33-34H,20H2. The third-order valence-electron chi connectivity index (χ3n) is 7.81. The van der Waals surface area contributed by atoms with Crippen LogP contribution in [0.5, 0.6) is 0 Å². The third-order valence-corrected chi connectivity index (χ3v) is 8.94. The Labute approximate surface area is 228 Å². The fourth-order valence-electron chi connectivity index (χ4n) is 6.21. The van der Waals surface area contributed by atoms with Crippen LogP contribution in [0.4, 0.5) is 0 Å². The first-order valence-electron chi connectivity index (χ1n) is 12.5. The van der Waals surface area contributed by atoms with Crippen LogP contribution in [0.1, 0.15) is 40.5 Å². The van der Waals surface area contributed by atoms with Crippen molar-refractivity contribution in [3.8, 4) is 0 Å². The van der Waals surface area contributed by atoms with Gasteiger partial charge in [0.1, 0.15) is 0 Å². The lowest BCUT2D eigenvalue weighted by molar-refractivity contribution is 0.748. The molecule has 36 heavy (non-hydrogen) atoms. The molecule has 3 atom stereocenters. The largest absolute Gasteiger partial charge is 0.0842 e. The van der Waals surface area contributed by atoms with Crippen LogP contribution in [-0.4, -0.2) is 4.83 Å². The molecule has 0 amide bonds. The van der Waals surface area contributed by atoms with Crippen LogP contribution in [-0.2, 0) is 0 Å². The molecule has 0 fully saturated rings. The Hall–Kier alpha value is -2.94. The molecule has 5 aromatic carbocycles. The van der Waals surface area contributed by atoms with Crippen LogP contribution in [0.3, 0.4) is 0 Å². The second kappa shape index (κ2) is 8.87. The van der Waals surface area contributed by atoms with Gasteiger partial charge >= 0.3 is 0 Å². The summed E-state index contributed by atoms with van der Waals surface area (Å²) in [5.74, 6) is 0.458. The number of benzene rings is 5. The van der Waals surface area contributed by atoms with E-state index in [4.69, 9.17) is 0 Å². The molecule has 0 radical (unpaired) electrons. The maximum Gasteiger partial charge on any atom is 0.0366 e. The number of hydrogen-bond acceptors (Lipinski definition) is 0. The lowest BCUT2D eigenvalue weighted by atomic mass is 9.66. The van der Waals surface area contributed by atoms with Crippen molar-refractivity contribution in [2.75, 3.05) is 0 Å². The molecule has 2 aliphatic rings. The van der Waals surface area contributed by atoms with Gasteiger partial charge in [0.2, 0.25) is 0 Å². The van der Waals surface area contributed by atoms with E-state index in [0.29, 0.717) is 4.83 Å². The van der Waals surface area contributed by atoms with E-state index < -0.39 is 0 Å². The smallest absolute Gasteiger partial charge is 0.0366 e. The average molecular weight is 592 g/mol. The minimum atomic E-state index is 0.213. The van der Waals surface area contributed by atoms with Gasteiger partial charge in [-0.2, -0.15) is 0 Å². The Balaban J connectivity index is 1.49. The summed E-state index contributed by atoms with van der Waals surface area (Å²) in [6.45, 7) is 0. The van der Waals surface area contributed by atoms with Crippen LogP contribution in [0, 0.1) is 0 Å². The molecule has 174 valence electrons. The van der Waals surface area contributed by atoms with Crippen LogP contribution in [0.2, 0.25) is 0 Å². The zero-order chi connectivity index (χ0) is 24.2. The Morgan fingerprint density at radius 1 is 0.583 bits per heavy atom. The second-order valence-corrected chi connectivity index (χ2v) is 12.0. The molecule has 0 N–H and O–H groups in total. The molecule has 0 nitrogen and oxygen atoms in total. The summed E-state index contributed by atoms with van der Waals surface area (Å²) in [5.41, 5.74) is 8.52. The van der Waals surface area contributed by atoms with E-state index in [0.717, 1.165) is 10.9 Å². The lowest BCUT2D eigenvalue weighted by Gasteiger charge is -2.39. The number of hydrogen-bond donors (Lipinski definition) is 0. The molecule has 0 saturated heterocycles. The van der Waals surface area contributed by atoms with Gasteiger partial charge in [-0.3, -0.25) is 0 Å². The number of halogens is 2. The zero-order valence-electron chi connectivity index (χ0n) is 19.7. The summed E-state index contributed by atoms with van der Waals surface area (Å²) in [6, 6.07) is 38.3. The minimum Gasteiger partial charge on any atom is -0.0842 e. The first-order valence-corrected chi connectivity index (χ1v) is 14.2. The summed E-state index contributed by atoms with van der Waals surface area (Å²) >= 11 is 7.72. The summed E-state index contributed by atoms with van der Waals surface area (Å²) in [5, 5.41) is 5.17. The molecule has 3 unspecified atom stereocenters. The number of alkyl halides is 1. The van der Waals surface area contributed by atoms with Crippen molar-refractivity contribution in [2.45, 2.75) is 23.1 Å². The maximum atomic E-state index is 3.92. The highest BCUT2D eigenvalue weighted by molar-refractivity contribution is 9.10. The topological polar surface area (TPSA) is 0 Å². The van der Waals surface area contributed by atoms with Crippen molar-refractivity contribution in [2.24, 2.45) is 0 Å². The lowest BCUT2D eigenvalue weighted by Crippen LogP contribution is -2.24.